The molecular weight excluding hydrogens is 368 g/mol. The SMILES string of the molecule is CC[C@@H](O)CCCCCCCCCCCCCCc1cc(O)cc(O)c1C(=O)O. The number of hydrogen-bond donors (Lipinski definition) is 4. The maximum absolute atomic E-state index is 11.3. The molecular formula is C24H40O5. The molecule has 0 aliphatic carbocycles. The molecule has 0 spiro atoms. The number of unbranched alkanes of at least 4 members (excludes halogenated alkanes) is 11. The summed E-state index contributed by atoms with van der Waals surface area (Å²) in [6.45, 7) is 2.03. The number of hydrogen-bond acceptors (Lipinski definition) is 4. The highest BCUT2D eigenvalue weighted by Gasteiger charge is 2.16. The van der Waals surface area contributed by atoms with Gasteiger partial charge >= 0.3 is 5.97 Å². The van der Waals surface area contributed by atoms with E-state index in [1.54, 1.807) is 0 Å². The molecule has 1 atom stereocenters. The van der Waals surface area contributed by atoms with Crippen molar-refractivity contribution < 1.29 is 25.2 Å². The number of carboxylic acid groups (broad SMARTS) is 1. The molecule has 0 saturated carbocycles. The van der Waals surface area contributed by atoms with Crippen LogP contribution in [0.15, 0.2) is 12.1 Å². The zero-order chi connectivity index (χ0) is 21.5. The topological polar surface area (TPSA) is 98.0 Å². The van der Waals surface area contributed by atoms with Gasteiger partial charge in [-0.2, -0.15) is 0 Å². The van der Waals surface area contributed by atoms with Crippen LogP contribution in [0.1, 0.15) is 113 Å². The minimum atomic E-state index is -1.16. The fraction of sp³-hybridized carbons (Fsp3) is 0.708. The first kappa shape index (κ1) is 25.3. The van der Waals surface area contributed by atoms with E-state index in [9.17, 15) is 25.2 Å². The molecule has 0 aromatic heterocycles. The van der Waals surface area contributed by atoms with Gasteiger partial charge in [0, 0.05) is 6.07 Å². The molecule has 0 heterocycles. The maximum Gasteiger partial charge on any atom is 0.339 e. The van der Waals surface area contributed by atoms with Crippen LogP contribution >= 0.6 is 0 Å². The Hall–Kier alpha value is -1.75. The Balaban J connectivity index is 2.00. The number of aromatic hydroxyl groups is 2. The van der Waals surface area contributed by atoms with Gasteiger partial charge in [0.1, 0.15) is 17.1 Å². The third-order valence-corrected chi connectivity index (χ3v) is 5.60. The van der Waals surface area contributed by atoms with Crippen molar-refractivity contribution in [1.29, 1.82) is 0 Å². The molecule has 1 rings (SSSR count). The highest BCUT2D eigenvalue weighted by atomic mass is 16.4. The van der Waals surface area contributed by atoms with Crippen LogP contribution < -0.4 is 0 Å². The second-order valence-electron chi connectivity index (χ2n) is 8.15. The summed E-state index contributed by atoms with van der Waals surface area (Å²) >= 11 is 0. The van der Waals surface area contributed by atoms with Crippen LogP contribution in [0.3, 0.4) is 0 Å². The zero-order valence-electron chi connectivity index (χ0n) is 18.0. The van der Waals surface area contributed by atoms with E-state index < -0.39 is 5.97 Å². The van der Waals surface area contributed by atoms with Gasteiger partial charge in [0.2, 0.25) is 0 Å². The summed E-state index contributed by atoms with van der Waals surface area (Å²) in [5.74, 6) is -1.62. The number of carboxylic acids is 1. The molecule has 0 unspecified atom stereocenters. The first-order chi connectivity index (χ1) is 14.0. The monoisotopic (exact) mass is 408 g/mol. The van der Waals surface area contributed by atoms with Gasteiger partial charge in [-0.25, -0.2) is 4.79 Å². The average Bonchev–Trinajstić information content (AvgIpc) is 2.67. The van der Waals surface area contributed by atoms with Gasteiger partial charge in [0.15, 0.2) is 0 Å². The Kier molecular flexibility index (Phi) is 13.2. The van der Waals surface area contributed by atoms with Crippen LogP contribution in [0.4, 0.5) is 0 Å². The van der Waals surface area contributed by atoms with E-state index in [0.717, 1.165) is 44.6 Å². The van der Waals surface area contributed by atoms with Gasteiger partial charge in [-0.05, 0) is 37.3 Å². The van der Waals surface area contributed by atoms with Crippen LogP contribution in [0.25, 0.3) is 0 Å². The summed E-state index contributed by atoms with van der Waals surface area (Å²) in [6.07, 6.45) is 16.5. The van der Waals surface area contributed by atoms with Crippen molar-refractivity contribution in [2.24, 2.45) is 0 Å². The van der Waals surface area contributed by atoms with E-state index in [-0.39, 0.29) is 23.2 Å². The Bertz CT molecular complexity index is 585. The van der Waals surface area contributed by atoms with E-state index in [4.69, 9.17) is 0 Å². The van der Waals surface area contributed by atoms with Crippen molar-refractivity contribution in [3.05, 3.63) is 23.3 Å². The predicted octanol–water partition coefficient (Wildman–Crippen LogP) is 6.18. The van der Waals surface area contributed by atoms with Crippen LogP contribution in [0.2, 0.25) is 0 Å². The highest BCUT2D eigenvalue weighted by Crippen LogP contribution is 2.28. The summed E-state index contributed by atoms with van der Waals surface area (Å²) < 4.78 is 0. The molecule has 1 aromatic carbocycles. The van der Waals surface area contributed by atoms with Crippen molar-refractivity contribution in [1.82, 2.24) is 0 Å². The number of aryl methyl sites for hydroxylation is 1. The fourth-order valence-corrected chi connectivity index (χ4v) is 3.78. The lowest BCUT2D eigenvalue weighted by Gasteiger charge is -2.09. The Morgan fingerprint density at radius 2 is 1.31 bits per heavy atom. The number of benzene rings is 1. The Morgan fingerprint density at radius 1 is 0.828 bits per heavy atom. The molecule has 4 N–H and O–H groups in total. The Morgan fingerprint density at radius 3 is 1.79 bits per heavy atom. The molecule has 29 heavy (non-hydrogen) atoms. The van der Waals surface area contributed by atoms with E-state index in [0.29, 0.717) is 12.0 Å². The van der Waals surface area contributed by atoms with Crippen LogP contribution in [-0.2, 0) is 6.42 Å². The fourth-order valence-electron chi connectivity index (χ4n) is 3.78. The molecule has 0 radical (unpaired) electrons. The van der Waals surface area contributed by atoms with Gasteiger partial charge in [-0.15, -0.1) is 0 Å². The lowest BCUT2D eigenvalue weighted by atomic mass is 9.99. The van der Waals surface area contributed by atoms with E-state index in [2.05, 4.69) is 0 Å². The van der Waals surface area contributed by atoms with Crippen molar-refractivity contribution in [2.75, 3.05) is 0 Å². The summed E-state index contributed by atoms with van der Waals surface area (Å²) in [4.78, 5) is 11.3. The van der Waals surface area contributed by atoms with Gasteiger partial charge in [-0.3, -0.25) is 0 Å². The van der Waals surface area contributed by atoms with Crippen molar-refractivity contribution >= 4 is 5.97 Å². The van der Waals surface area contributed by atoms with Gasteiger partial charge in [-0.1, -0.05) is 77.6 Å². The highest BCUT2D eigenvalue weighted by molar-refractivity contribution is 5.92. The molecule has 0 aliphatic rings. The maximum atomic E-state index is 11.3. The minimum absolute atomic E-state index is 0.0932. The molecule has 166 valence electrons. The van der Waals surface area contributed by atoms with E-state index >= 15 is 0 Å². The number of phenols is 2. The molecule has 0 amide bonds. The second-order valence-corrected chi connectivity index (χ2v) is 8.15. The van der Waals surface area contributed by atoms with Gasteiger partial charge < -0.3 is 20.4 Å². The molecule has 5 heteroatoms. The summed E-state index contributed by atoms with van der Waals surface area (Å²) in [6, 6.07) is 2.51. The summed E-state index contributed by atoms with van der Waals surface area (Å²) in [5, 5.41) is 38.0. The number of carbonyl (C=O) groups is 1. The quantitative estimate of drug-likeness (QED) is 0.231. The van der Waals surface area contributed by atoms with Crippen LogP contribution in [0, 0.1) is 0 Å². The number of aliphatic hydroxyl groups excluding tert-OH is 1. The molecule has 0 saturated heterocycles. The largest absolute Gasteiger partial charge is 0.508 e. The number of aliphatic hydroxyl groups is 1. The van der Waals surface area contributed by atoms with E-state index in [1.165, 1.54) is 57.4 Å². The molecule has 0 bridgehead atoms. The standard InChI is InChI=1S/C24H40O5/c1-2-20(25)16-14-12-10-8-6-4-3-5-7-9-11-13-15-19-17-21(26)18-22(27)23(19)24(28)29/h17-18,20,25-27H,2-16H2,1H3,(H,28,29)/t20-/m1/s1. The summed E-state index contributed by atoms with van der Waals surface area (Å²) in [5.41, 5.74) is 0.406. The Labute approximate surface area is 175 Å². The van der Waals surface area contributed by atoms with Crippen molar-refractivity contribution in [3.8, 4) is 11.5 Å². The number of aromatic carboxylic acids is 1. The van der Waals surface area contributed by atoms with Gasteiger partial charge in [0.05, 0.1) is 6.10 Å². The number of rotatable bonds is 17. The summed E-state index contributed by atoms with van der Waals surface area (Å²) in [7, 11) is 0. The average molecular weight is 409 g/mol. The van der Waals surface area contributed by atoms with Crippen LogP contribution in [-0.4, -0.2) is 32.5 Å². The molecule has 0 fully saturated rings. The smallest absolute Gasteiger partial charge is 0.339 e. The first-order valence-corrected chi connectivity index (χ1v) is 11.4. The lowest BCUT2D eigenvalue weighted by Crippen LogP contribution is -2.03. The van der Waals surface area contributed by atoms with Gasteiger partial charge in [0.25, 0.3) is 0 Å². The van der Waals surface area contributed by atoms with Crippen molar-refractivity contribution in [3.63, 3.8) is 0 Å². The third-order valence-electron chi connectivity index (χ3n) is 5.60. The van der Waals surface area contributed by atoms with Crippen LogP contribution in [0.5, 0.6) is 11.5 Å². The predicted molar refractivity (Wildman–Crippen MR) is 117 cm³/mol. The van der Waals surface area contributed by atoms with Crippen molar-refractivity contribution in [2.45, 2.75) is 109 Å². The third kappa shape index (κ3) is 11.1. The minimum Gasteiger partial charge on any atom is -0.508 e. The lowest BCUT2D eigenvalue weighted by molar-refractivity contribution is 0.0692. The molecule has 0 aliphatic heterocycles. The molecule has 1 aromatic rings. The number of phenolic OH excluding ortho intramolecular Hbond substituents is 1. The normalized spacial score (nSPS) is 12.2. The first-order valence-electron chi connectivity index (χ1n) is 11.4. The zero-order valence-corrected chi connectivity index (χ0v) is 18.0. The second kappa shape index (κ2) is 15.1. The van der Waals surface area contributed by atoms with E-state index in [1.807, 2.05) is 6.92 Å². The molecule has 5 nitrogen and oxygen atoms in total.